The summed E-state index contributed by atoms with van der Waals surface area (Å²) in [4.78, 5) is 2.56. The highest BCUT2D eigenvalue weighted by molar-refractivity contribution is 7.26. The van der Waals surface area contributed by atoms with E-state index in [0.717, 1.165) is 44.4 Å². The van der Waals surface area contributed by atoms with Gasteiger partial charge < -0.3 is 9.32 Å². The molecule has 0 saturated carbocycles. The summed E-state index contributed by atoms with van der Waals surface area (Å²) < 4.78 is 12.0. The Morgan fingerprint density at radius 1 is 0.365 bits per heavy atom. The van der Waals surface area contributed by atoms with Gasteiger partial charge in [-0.1, -0.05) is 127 Å². The van der Waals surface area contributed by atoms with Gasteiger partial charge in [-0.25, -0.2) is 0 Å². The predicted molar refractivity (Wildman–Crippen MR) is 225 cm³/mol. The number of fused-ring (bicyclic) bond motifs is 9. The molecule has 0 fully saturated rings. The molecule has 0 unspecified atom stereocenters. The fourth-order valence-corrected chi connectivity index (χ4v) is 10.3. The van der Waals surface area contributed by atoms with Crippen LogP contribution in [-0.4, -0.2) is 0 Å². The van der Waals surface area contributed by atoms with Crippen LogP contribution in [-0.2, 0) is 0 Å². The van der Waals surface area contributed by atoms with Gasteiger partial charge in [0.2, 0.25) is 0 Å². The third-order valence-electron chi connectivity index (χ3n) is 10.3. The number of hydrogen-bond donors (Lipinski definition) is 0. The number of para-hydroxylation sites is 1. The molecule has 0 saturated heterocycles. The van der Waals surface area contributed by atoms with Gasteiger partial charge in [-0.05, 0) is 59.7 Å². The van der Waals surface area contributed by atoms with E-state index < -0.39 is 0 Å². The van der Waals surface area contributed by atoms with Gasteiger partial charge in [0.15, 0.2) is 0 Å². The lowest BCUT2D eigenvalue weighted by Crippen LogP contribution is -2.12. The summed E-state index contributed by atoms with van der Waals surface area (Å²) in [6.45, 7) is 0. The maximum absolute atomic E-state index is 6.88. The highest BCUT2D eigenvalue weighted by Gasteiger charge is 2.28. The van der Waals surface area contributed by atoms with E-state index in [4.69, 9.17) is 4.42 Å². The number of benzene rings is 8. The fourth-order valence-electron chi connectivity index (χ4n) is 8.04. The number of nitrogens with zero attached hydrogens (tertiary/aromatic N) is 1. The van der Waals surface area contributed by atoms with Gasteiger partial charge >= 0.3 is 0 Å². The Morgan fingerprint density at radius 2 is 0.904 bits per heavy atom. The van der Waals surface area contributed by atoms with Crippen molar-refractivity contribution in [3.63, 3.8) is 0 Å². The van der Waals surface area contributed by atoms with Crippen molar-refractivity contribution in [2.75, 3.05) is 4.90 Å². The van der Waals surface area contributed by atoms with Crippen molar-refractivity contribution in [1.82, 2.24) is 0 Å². The molecular formula is C48H29NOS2. The average molecular weight is 700 g/mol. The highest BCUT2D eigenvalue weighted by Crippen LogP contribution is 2.54. The average Bonchev–Trinajstić information content (AvgIpc) is 3.91. The van der Waals surface area contributed by atoms with Crippen LogP contribution in [0.1, 0.15) is 0 Å². The molecule has 0 aliphatic rings. The molecule has 2 nitrogen and oxygen atoms in total. The zero-order valence-electron chi connectivity index (χ0n) is 27.9. The molecule has 3 aromatic heterocycles. The summed E-state index contributed by atoms with van der Waals surface area (Å²) >= 11 is 3.72. The SMILES string of the molecule is c1ccc(-c2ccc3sc4ccccc4c3c2N(c2cccc3sc4ccccc4c23)c2ccc(-c3ccccc3)c3oc4ccccc4c23)cc1. The summed E-state index contributed by atoms with van der Waals surface area (Å²) in [6.07, 6.45) is 0. The zero-order chi connectivity index (χ0) is 34.2. The van der Waals surface area contributed by atoms with Crippen LogP contribution in [0.15, 0.2) is 180 Å². The molecule has 8 aromatic carbocycles. The van der Waals surface area contributed by atoms with Crippen molar-refractivity contribution < 1.29 is 4.42 Å². The Kier molecular flexibility index (Phi) is 6.63. The Bertz CT molecular complexity index is 3130. The standard InChI is InChI=1S/C48H29NOS2/c1-3-14-30(15-4-1)32-27-29-43-46(36-20-9-12-24-41(36)52-43)47(32)49(37-21-13-25-42-44(37)35-19-8-11-23-40(35)51-42)38-28-26-33(31-16-5-2-6-17-31)48-45(38)34-18-7-10-22-39(34)50-48/h1-29H. The topological polar surface area (TPSA) is 16.4 Å². The van der Waals surface area contributed by atoms with E-state index >= 15 is 0 Å². The summed E-state index contributed by atoms with van der Waals surface area (Å²) in [5.74, 6) is 0. The van der Waals surface area contributed by atoms with E-state index in [-0.39, 0.29) is 0 Å². The Labute approximate surface area is 308 Å². The second-order valence-corrected chi connectivity index (χ2v) is 15.4. The van der Waals surface area contributed by atoms with Crippen LogP contribution in [0.2, 0.25) is 0 Å². The van der Waals surface area contributed by atoms with Crippen molar-refractivity contribution in [1.29, 1.82) is 0 Å². The van der Waals surface area contributed by atoms with E-state index in [1.165, 1.54) is 57.2 Å². The van der Waals surface area contributed by atoms with Crippen molar-refractivity contribution in [2.24, 2.45) is 0 Å². The monoisotopic (exact) mass is 699 g/mol. The van der Waals surface area contributed by atoms with Gasteiger partial charge in [0.05, 0.1) is 22.4 Å². The summed E-state index contributed by atoms with van der Waals surface area (Å²) in [7, 11) is 0. The Morgan fingerprint density at radius 3 is 1.63 bits per heavy atom. The van der Waals surface area contributed by atoms with Gasteiger partial charge in [-0.3, -0.25) is 0 Å². The minimum absolute atomic E-state index is 0.878. The van der Waals surface area contributed by atoms with Crippen LogP contribution in [0.4, 0.5) is 17.1 Å². The first-order valence-corrected chi connectivity index (χ1v) is 19.1. The number of rotatable bonds is 5. The molecule has 4 heteroatoms. The normalized spacial score (nSPS) is 11.8. The summed E-state index contributed by atoms with van der Waals surface area (Å²) in [6, 6.07) is 63.6. The van der Waals surface area contributed by atoms with Gasteiger partial charge in [-0.2, -0.15) is 0 Å². The lowest BCUT2D eigenvalue weighted by Gasteiger charge is -2.30. The number of hydrogen-bond acceptors (Lipinski definition) is 4. The Hall–Kier alpha value is -6.20. The zero-order valence-corrected chi connectivity index (χ0v) is 29.5. The van der Waals surface area contributed by atoms with Gasteiger partial charge in [0, 0.05) is 56.9 Å². The lowest BCUT2D eigenvalue weighted by atomic mass is 9.95. The van der Waals surface area contributed by atoms with Crippen LogP contribution >= 0.6 is 22.7 Å². The second kappa shape index (κ2) is 11.7. The van der Waals surface area contributed by atoms with E-state index in [1.54, 1.807) is 0 Å². The predicted octanol–water partition coefficient (Wildman–Crippen LogP) is 15.1. The third-order valence-corrected chi connectivity index (χ3v) is 12.5. The molecular weight excluding hydrogens is 671 g/mol. The smallest absolute Gasteiger partial charge is 0.145 e. The molecule has 0 atom stereocenters. The highest BCUT2D eigenvalue weighted by atomic mass is 32.1. The molecule has 52 heavy (non-hydrogen) atoms. The van der Waals surface area contributed by atoms with E-state index in [2.05, 4.69) is 181 Å². The minimum atomic E-state index is 0.878. The van der Waals surface area contributed by atoms with Gasteiger partial charge in [0.1, 0.15) is 11.2 Å². The van der Waals surface area contributed by atoms with Crippen molar-refractivity contribution in [2.45, 2.75) is 0 Å². The molecule has 0 amide bonds. The van der Waals surface area contributed by atoms with Crippen LogP contribution in [0.5, 0.6) is 0 Å². The molecule has 0 aliphatic carbocycles. The maximum Gasteiger partial charge on any atom is 0.145 e. The van der Waals surface area contributed by atoms with Crippen LogP contribution in [0.3, 0.4) is 0 Å². The quantitative estimate of drug-likeness (QED) is 0.178. The fraction of sp³-hybridized carbons (Fsp3) is 0. The first kappa shape index (κ1) is 29.5. The number of thiophene rings is 2. The minimum Gasteiger partial charge on any atom is -0.455 e. The lowest BCUT2D eigenvalue weighted by molar-refractivity contribution is 0.670. The van der Waals surface area contributed by atoms with Crippen molar-refractivity contribution >= 4 is 102 Å². The third kappa shape index (κ3) is 4.42. The Balaban J connectivity index is 1.36. The largest absolute Gasteiger partial charge is 0.455 e. The van der Waals surface area contributed by atoms with Crippen molar-refractivity contribution in [3.8, 4) is 22.3 Å². The molecule has 0 radical (unpaired) electrons. The van der Waals surface area contributed by atoms with Gasteiger partial charge in [0.25, 0.3) is 0 Å². The van der Waals surface area contributed by atoms with Gasteiger partial charge in [-0.15, -0.1) is 22.7 Å². The van der Waals surface area contributed by atoms with Crippen LogP contribution in [0, 0.1) is 0 Å². The van der Waals surface area contributed by atoms with E-state index in [1.807, 2.05) is 22.7 Å². The van der Waals surface area contributed by atoms with Crippen LogP contribution < -0.4 is 4.90 Å². The summed E-state index contributed by atoms with van der Waals surface area (Å²) in [5, 5.41) is 7.24. The second-order valence-electron chi connectivity index (χ2n) is 13.2. The molecule has 11 rings (SSSR count). The molecule has 11 aromatic rings. The first-order valence-electron chi connectivity index (χ1n) is 17.5. The molecule has 0 bridgehead atoms. The van der Waals surface area contributed by atoms with E-state index in [9.17, 15) is 0 Å². The van der Waals surface area contributed by atoms with E-state index in [0.29, 0.717) is 0 Å². The molecule has 0 N–H and O–H groups in total. The first-order chi connectivity index (χ1) is 25.8. The maximum atomic E-state index is 6.88. The number of furan rings is 1. The number of anilines is 3. The summed E-state index contributed by atoms with van der Waals surface area (Å²) in [5.41, 5.74) is 9.74. The molecule has 3 heterocycles. The van der Waals surface area contributed by atoms with Crippen molar-refractivity contribution in [3.05, 3.63) is 176 Å². The molecule has 0 aliphatic heterocycles. The molecule has 244 valence electrons. The molecule has 0 spiro atoms. The van der Waals surface area contributed by atoms with Crippen LogP contribution in [0.25, 0.3) is 84.5 Å².